The van der Waals surface area contributed by atoms with Gasteiger partial charge in [-0.2, -0.15) is 0 Å². The molecule has 1 unspecified atom stereocenters. The molecule has 0 fully saturated rings. The highest BCUT2D eigenvalue weighted by Crippen LogP contribution is 2.27. The lowest BCUT2D eigenvalue weighted by Gasteiger charge is -2.16. The molecule has 0 aliphatic heterocycles. The minimum atomic E-state index is -0.423. The van der Waals surface area contributed by atoms with Gasteiger partial charge in [-0.25, -0.2) is 4.39 Å². The molecule has 100 valence electrons. The van der Waals surface area contributed by atoms with E-state index < -0.39 is 6.04 Å². The van der Waals surface area contributed by atoms with Crippen LogP contribution in [0.4, 0.5) is 4.39 Å². The van der Waals surface area contributed by atoms with Crippen LogP contribution in [-0.2, 0) is 0 Å². The number of aromatic nitrogens is 1. The van der Waals surface area contributed by atoms with E-state index in [4.69, 9.17) is 10.5 Å². The monoisotopic (exact) mass is 260 g/mol. The number of ether oxygens (including phenoxy) is 1. The third kappa shape index (κ3) is 3.29. The summed E-state index contributed by atoms with van der Waals surface area (Å²) >= 11 is 0. The van der Waals surface area contributed by atoms with Gasteiger partial charge < -0.3 is 10.5 Å². The molecular weight excluding hydrogens is 243 g/mol. The van der Waals surface area contributed by atoms with Crippen molar-refractivity contribution < 1.29 is 9.13 Å². The van der Waals surface area contributed by atoms with Crippen molar-refractivity contribution in [1.29, 1.82) is 0 Å². The van der Waals surface area contributed by atoms with Crippen LogP contribution in [0.1, 0.15) is 30.6 Å². The number of hydrogen-bond donors (Lipinski definition) is 1. The molecule has 1 heterocycles. The number of halogens is 1. The molecule has 2 aromatic rings. The highest BCUT2D eigenvalue weighted by Gasteiger charge is 2.15. The SMILES string of the molecule is CCCOc1ccccc1C(N)c1ccc(F)cn1. The number of nitrogens with two attached hydrogens (primary N) is 1. The van der Waals surface area contributed by atoms with Crippen LogP contribution < -0.4 is 10.5 Å². The lowest BCUT2D eigenvalue weighted by atomic mass is 10.0. The Hall–Kier alpha value is -1.94. The van der Waals surface area contributed by atoms with E-state index in [1.165, 1.54) is 12.3 Å². The van der Waals surface area contributed by atoms with Crippen LogP contribution >= 0.6 is 0 Å². The molecule has 1 aromatic carbocycles. The lowest BCUT2D eigenvalue weighted by molar-refractivity contribution is 0.313. The third-order valence-corrected chi connectivity index (χ3v) is 2.78. The molecule has 2 rings (SSSR count). The van der Waals surface area contributed by atoms with E-state index in [1.54, 1.807) is 6.07 Å². The van der Waals surface area contributed by atoms with Crippen molar-refractivity contribution in [2.45, 2.75) is 19.4 Å². The lowest BCUT2D eigenvalue weighted by Crippen LogP contribution is -2.15. The van der Waals surface area contributed by atoms with Gasteiger partial charge in [-0.05, 0) is 24.6 Å². The van der Waals surface area contributed by atoms with E-state index >= 15 is 0 Å². The van der Waals surface area contributed by atoms with E-state index in [-0.39, 0.29) is 5.82 Å². The Balaban J connectivity index is 2.27. The maximum absolute atomic E-state index is 12.9. The zero-order valence-electron chi connectivity index (χ0n) is 10.8. The van der Waals surface area contributed by atoms with Crippen molar-refractivity contribution in [2.75, 3.05) is 6.61 Å². The van der Waals surface area contributed by atoms with Gasteiger partial charge >= 0.3 is 0 Å². The molecule has 0 bridgehead atoms. The number of nitrogens with zero attached hydrogens (tertiary/aromatic N) is 1. The molecule has 0 aliphatic carbocycles. The molecule has 0 radical (unpaired) electrons. The summed E-state index contributed by atoms with van der Waals surface area (Å²) in [7, 11) is 0. The number of rotatable bonds is 5. The van der Waals surface area contributed by atoms with Crippen molar-refractivity contribution in [3.8, 4) is 5.75 Å². The van der Waals surface area contributed by atoms with Gasteiger partial charge in [0.15, 0.2) is 0 Å². The van der Waals surface area contributed by atoms with E-state index in [9.17, 15) is 4.39 Å². The predicted molar refractivity (Wildman–Crippen MR) is 72.5 cm³/mol. The van der Waals surface area contributed by atoms with E-state index in [2.05, 4.69) is 4.98 Å². The second kappa shape index (κ2) is 6.29. The Kier molecular flexibility index (Phi) is 4.47. The Morgan fingerprint density at radius 3 is 2.74 bits per heavy atom. The molecule has 0 aliphatic rings. The minimum absolute atomic E-state index is 0.369. The average Bonchev–Trinajstić information content (AvgIpc) is 2.45. The van der Waals surface area contributed by atoms with Gasteiger partial charge in [0, 0.05) is 5.56 Å². The Morgan fingerprint density at radius 1 is 1.26 bits per heavy atom. The molecule has 1 atom stereocenters. The van der Waals surface area contributed by atoms with Crippen molar-refractivity contribution >= 4 is 0 Å². The first-order valence-electron chi connectivity index (χ1n) is 6.31. The molecule has 4 heteroatoms. The number of benzene rings is 1. The average molecular weight is 260 g/mol. The van der Waals surface area contributed by atoms with Gasteiger partial charge in [0.05, 0.1) is 24.5 Å². The molecule has 0 saturated heterocycles. The van der Waals surface area contributed by atoms with Crippen LogP contribution in [0.15, 0.2) is 42.6 Å². The summed E-state index contributed by atoms with van der Waals surface area (Å²) in [6.45, 7) is 2.69. The summed E-state index contributed by atoms with van der Waals surface area (Å²) in [6, 6.07) is 10.1. The maximum atomic E-state index is 12.9. The largest absolute Gasteiger partial charge is 0.493 e. The van der Waals surface area contributed by atoms with Gasteiger partial charge in [0.2, 0.25) is 0 Å². The molecule has 0 spiro atoms. The smallest absolute Gasteiger partial charge is 0.141 e. The van der Waals surface area contributed by atoms with Gasteiger partial charge in [0.25, 0.3) is 0 Å². The Labute approximate surface area is 112 Å². The van der Waals surface area contributed by atoms with Crippen LogP contribution in [0.3, 0.4) is 0 Å². The fourth-order valence-electron chi connectivity index (χ4n) is 1.81. The quantitative estimate of drug-likeness (QED) is 0.898. The third-order valence-electron chi connectivity index (χ3n) is 2.78. The summed E-state index contributed by atoms with van der Waals surface area (Å²) in [4.78, 5) is 4.02. The summed E-state index contributed by atoms with van der Waals surface area (Å²) in [5, 5.41) is 0. The second-order valence-electron chi connectivity index (χ2n) is 4.27. The standard InChI is InChI=1S/C15H17FN2O/c1-2-9-19-14-6-4-3-5-12(14)15(17)13-8-7-11(16)10-18-13/h3-8,10,15H,2,9,17H2,1H3. The van der Waals surface area contributed by atoms with Crippen LogP contribution in [0.5, 0.6) is 5.75 Å². The first-order valence-corrected chi connectivity index (χ1v) is 6.31. The summed E-state index contributed by atoms with van der Waals surface area (Å²) in [5.74, 6) is 0.384. The Bertz CT molecular complexity index is 528. The first kappa shape index (κ1) is 13.5. The number of para-hydroxylation sites is 1. The molecule has 1 aromatic heterocycles. The first-order chi connectivity index (χ1) is 9.22. The highest BCUT2D eigenvalue weighted by atomic mass is 19.1. The van der Waals surface area contributed by atoms with Crippen LogP contribution in [0.25, 0.3) is 0 Å². The zero-order valence-corrected chi connectivity index (χ0v) is 10.8. The Morgan fingerprint density at radius 2 is 2.05 bits per heavy atom. The van der Waals surface area contributed by atoms with Crippen molar-refractivity contribution in [1.82, 2.24) is 4.98 Å². The van der Waals surface area contributed by atoms with Crippen molar-refractivity contribution in [3.05, 3.63) is 59.7 Å². The molecule has 0 saturated carbocycles. The normalized spacial score (nSPS) is 12.2. The van der Waals surface area contributed by atoms with Gasteiger partial charge in [0.1, 0.15) is 11.6 Å². The molecular formula is C15H17FN2O. The van der Waals surface area contributed by atoms with Crippen molar-refractivity contribution in [2.24, 2.45) is 5.73 Å². The van der Waals surface area contributed by atoms with Crippen molar-refractivity contribution in [3.63, 3.8) is 0 Å². The minimum Gasteiger partial charge on any atom is -0.493 e. The maximum Gasteiger partial charge on any atom is 0.141 e. The molecule has 2 N–H and O–H groups in total. The summed E-state index contributed by atoms with van der Waals surface area (Å²) < 4.78 is 18.5. The van der Waals surface area contributed by atoms with Crippen LogP contribution in [-0.4, -0.2) is 11.6 Å². The van der Waals surface area contributed by atoms with E-state index in [0.29, 0.717) is 12.3 Å². The summed E-state index contributed by atoms with van der Waals surface area (Å²) in [6.07, 6.45) is 2.10. The van der Waals surface area contributed by atoms with Crippen LogP contribution in [0.2, 0.25) is 0 Å². The number of pyridine rings is 1. The molecule has 19 heavy (non-hydrogen) atoms. The fraction of sp³-hybridized carbons (Fsp3) is 0.267. The highest BCUT2D eigenvalue weighted by molar-refractivity contribution is 5.39. The number of hydrogen-bond acceptors (Lipinski definition) is 3. The van der Waals surface area contributed by atoms with Gasteiger partial charge in [-0.3, -0.25) is 4.98 Å². The van der Waals surface area contributed by atoms with Gasteiger partial charge in [-0.1, -0.05) is 25.1 Å². The van der Waals surface area contributed by atoms with Gasteiger partial charge in [-0.15, -0.1) is 0 Å². The topological polar surface area (TPSA) is 48.1 Å². The van der Waals surface area contributed by atoms with E-state index in [1.807, 2.05) is 31.2 Å². The summed E-state index contributed by atoms with van der Waals surface area (Å²) in [5.41, 5.74) is 7.65. The molecule has 3 nitrogen and oxygen atoms in total. The molecule has 0 amide bonds. The second-order valence-corrected chi connectivity index (χ2v) is 4.27. The van der Waals surface area contributed by atoms with E-state index in [0.717, 1.165) is 17.7 Å². The predicted octanol–water partition coefficient (Wildman–Crippen LogP) is 3.06. The fourth-order valence-corrected chi connectivity index (χ4v) is 1.81. The van der Waals surface area contributed by atoms with Crippen LogP contribution in [0, 0.1) is 5.82 Å². The zero-order chi connectivity index (χ0) is 13.7.